The van der Waals surface area contributed by atoms with Crippen LogP contribution >= 0.6 is 0 Å². The van der Waals surface area contributed by atoms with Gasteiger partial charge in [-0.15, -0.1) is 0 Å². The molecule has 0 radical (unpaired) electrons. The Morgan fingerprint density at radius 1 is 1.47 bits per heavy atom. The van der Waals surface area contributed by atoms with Gasteiger partial charge in [0.15, 0.2) is 0 Å². The van der Waals surface area contributed by atoms with E-state index in [0.717, 1.165) is 18.2 Å². The highest BCUT2D eigenvalue weighted by Crippen LogP contribution is 2.29. The van der Waals surface area contributed by atoms with E-state index in [1.165, 1.54) is 30.5 Å². The van der Waals surface area contributed by atoms with E-state index in [1.807, 2.05) is 6.92 Å². The number of rotatable bonds is 3. The topological polar surface area (TPSA) is 43.8 Å². The zero-order valence-corrected chi connectivity index (χ0v) is 9.95. The quantitative estimate of drug-likeness (QED) is 0.826. The average Bonchev–Trinajstić information content (AvgIpc) is 2.34. The van der Waals surface area contributed by atoms with E-state index >= 15 is 0 Å². The Hall–Kier alpha value is -0.830. The Balaban J connectivity index is 2.20. The highest BCUT2D eigenvalue weighted by atomic mass is 15.3. The first-order valence-corrected chi connectivity index (χ1v) is 5.89. The van der Waals surface area contributed by atoms with Crippen LogP contribution in [0.3, 0.4) is 0 Å². The Bertz CT molecular complexity index is 348. The summed E-state index contributed by atoms with van der Waals surface area (Å²) in [7, 11) is 0. The van der Waals surface area contributed by atoms with E-state index in [4.69, 9.17) is 5.73 Å². The summed E-state index contributed by atoms with van der Waals surface area (Å²) < 4.78 is 2.15. The van der Waals surface area contributed by atoms with Gasteiger partial charge >= 0.3 is 0 Å². The first-order valence-electron chi connectivity index (χ1n) is 5.89. The van der Waals surface area contributed by atoms with Gasteiger partial charge in [0.1, 0.15) is 0 Å². The summed E-state index contributed by atoms with van der Waals surface area (Å²) in [5, 5.41) is 4.59. The third kappa shape index (κ3) is 1.93. The van der Waals surface area contributed by atoms with Crippen LogP contribution in [0.5, 0.6) is 0 Å². The molecule has 0 spiro atoms. The zero-order chi connectivity index (χ0) is 11.0. The van der Waals surface area contributed by atoms with Gasteiger partial charge in [-0.3, -0.25) is 4.68 Å². The molecule has 1 saturated carbocycles. The number of hydrogen-bond acceptors (Lipinski definition) is 2. The predicted octanol–water partition coefficient (Wildman–Crippen LogP) is 2.32. The lowest BCUT2D eigenvalue weighted by Gasteiger charge is -2.25. The van der Waals surface area contributed by atoms with Crippen molar-refractivity contribution in [1.82, 2.24) is 9.78 Å². The largest absolute Gasteiger partial charge is 0.324 e. The van der Waals surface area contributed by atoms with Crippen molar-refractivity contribution in [2.75, 3.05) is 0 Å². The van der Waals surface area contributed by atoms with Crippen LogP contribution < -0.4 is 5.73 Å². The van der Waals surface area contributed by atoms with E-state index in [9.17, 15) is 0 Å². The van der Waals surface area contributed by atoms with Crippen LogP contribution in [-0.4, -0.2) is 9.78 Å². The molecule has 1 aromatic rings. The van der Waals surface area contributed by atoms with Crippen LogP contribution in [-0.2, 0) is 6.54 Å². The third-order valence-electron chi connectivity index (χ3n) is 3.55. The van der Waals surface area contributed by atoms with E-state index < -0.39 is 0 Å². The van der Waals surface area contributed by atoms with Gasteiger partial charge < -0.3 is 5.73 Å². The molecule has 3 nitrogen and oxygen atoms in total. The standard InChI is InChI=1S/C12H21N3/c1-8(13)12-9(2)14-15(10(12)3)7-11-5-4-6-11/h8,11H,4-7,13H2,1-3H3. The zero-order valence-electron chi connectivity index (χ0n) is 9.95. The minimum absolute atomic E-state index is 0.0974. The molecule has 1 aromatic heterocycles. The summed E-state index contributed by atoms with van der Waals surface area (Å²) in [4.78, 5) is 0. The molecule has 0 amide bonds. The number of aryl methyl sites for hydroxylation is 1. The molecule has 0 saturated heterocycles. The molecule has 1 heterocycles. The first kappa shape index (κ1) is 10.7. The molecule has 0 aliphatic heterocycles. The van der Waals surface area contributed by atoms with E-state index in [0.29, 0.717) is 0 Å². The van der Waals surface area contributed by atoms with Gasteiger partial charge in [0.2, 0.25) is 0 Å². The fourth-order valence-electron chi connectivity index (χ4n) is 2.47. The van der Waals surface area contributed by atoms with Gasteiger partial charge in [0.05, 0.1) is 5.69 Å². The minimum Gasteiger partial charge on any atom is -0.324 e. The van der Waals surface area contributed by atoms with Gasteiger partial charge in [-0.25, -0.2) is 0 Å². The SMILES string of the molecule is Cc1nn(CC2CCC2)c(C)c1C(C)N. The molecule has 3 heteroatoms. The Labute approximate surface area is 91.7 Å². The maximum absolute atomic E-state index is 5.95. The molecule has 84 valence electrons. The maximum atomic E-state index is 5.95. The Kier molecular flexibility index (Phi) is 2.83. The second-order valence-electron chi connectivity index (χ2n) is 4.85. The highest BCUT2D eigenvalue weighted by Gasteiger charge is 2.21. The lowest BCUT2D eigenvalue weighted by atomic mass is 9.85. The number of hydrogen-bond donors (Lipinski definition) is 1. The maximum Gasteiger partial charge on any atom is 0.0644 e. The Morgan fingerprint density at radius 2 is 2.13 bits per heavy atom. The van der Waals surface area contributed by atoms with E-state index in [2.05, 4.69) is 23.6 Å². The van der Waals surface area contributed by atoms with Gasteiger partial charge in [0, 0.05) is 23.8 Å². The summed E-state index contributed by atoms with van der Waals surface area (Å²) in [6, 6.07) is 0.0974. The van der Waals surface area contributed by atoms with Crippen molar-refractivity contribution in [1.29, 1.82) is 0 Å². The summed E-state index contributed by atoms with van der Waals surface area (Å²) in [6.07, 6.45) is 4.13. The van der Waals surface area contributed by atoms with Crippen LogP contribution in [0.2, 0.25) is 0 Å². The van der Waals surface area contributed by atoms with Gasteiger partial charge in [-0.05, 0) is 39.5 Å². The van der Waals surface area contributed by atoms with Crippen LogP contribution in [0.4, 0.5) is 0 Å². The summed E-state index contributed by atoms with van der Waals surface area (Å²) in [5.41, 5.74) is 9.54. The molecule has 15 heavy (non-hydrogen) atoms. The molecule has 2 N–H and O–H groups in total. The van der Waals surface area contributed by atoms with Gasteiger partial charge in [0.25, 0.3) is 0 Å². The van der Waals surface area contributed by atoms with Crippen molar-refractivity contribution in [2.24, 2.45) is 11.7 Å². The van der Waals surface area contributed by atoms with Crippen molar-refractivity contribution in [2.45, 2.75) is 52.6 Å². The molecular weight excluding hydrogens is 186 g/mol. The smallest absolute Gasteiger partial charge is 0.0644 e. The third-order valence-corrected chi connectivity index (χ3v) is 3.55. The fraction of sp³-hybridized carbons (Fsp3) is 0.750. The summed E-state index contributed by atoms with van der Waals surface area (Å²) >= 11 is 0. The van der Waals surface area contributed by atoms with E-state index in [1.54, 1.807) is 0 Å². The lowest BCUT2D eigenvalue weighted by molar-refractivity contribution is 0.264. The van der Waals surface area contributed by atoms with Crippen molar-refractivity contribution in [3.05, 3.63) is 17.0 Å². The Morgan fingerprint density at radius 3 is 2.53 bits per heavy atom. The van der Waals surface area contributed by atoms with Crippen LogP contribution in [0.25, 0.3) is 0 Å². The minimum atomic E-state index is 0.0974. The molecule has 1 fully saturated rings. The first-order chi connectivity index (χ1) is 7.09. The molecule has 0 bridgehead atoms. The summed E-state index contributed by atoms with van der Waals surface area (Å²) in [6.45, 7) is 7.31. The van der Waals surface area contributed by atoms with Gasteiger partial charge in [-0.1, -0.05) is 6.42 Å². The van der Waals surface area contributed by atoms with Crippen molar-refractivity contribution in [3.63, 3.8) is 0 Å². The van der Waals surface area contributed by atoms with Crippen LogP contribution in [0, 0.1) is 19.8 Å². The molecule has 0 aromatic carbocycles. The fourth-order valence-corrected chi connectivity index (χ4v) is 2.47. The number of nitrogens with two attached hydrogens (primary N) is 1. The monoisotopic (exact) mass is 207 g/mol. The summed E-state index contributed by atoms with van der Waals surface area (Å²) in [5.74, 6) is 0.851. The second kappa shape index (κ2) is 3.97. The van der Waals surface area contributed by atoms with Crippen molar-refractivity contribution >= 4 is 0 Å². The predicted molar refractivity (Wildman–Crippen MR) is 61.6 cm³/mol. The number of aromatic nitrogens is 2. The second-order valence-corrected chi connectivity index (χ2v) is 4.85. The molecule has 1 atom stereocenters. The molecule has 1 aliphatic carbocycles. The molecule has 1 aliphatic rings. The van der Waals surface area contributed by atoms with Crippen molar-refractivity contribution < 1.29 is 0 Å². The molecule has 1 unspecified atom stereocenters. The number of nitrogens with zero attached hydrogens (tertiary/aromatic N) is 2. The molecular formula is C12H21N3. The van der Waals surface area contributed by atoms with Crippen LogP contribution in [0.15, 0.2) is 0 Å². The average molecular weight is 207 g/mol. The molecule has 2 rings (SSSR count). The normalized spacial score (nSPS) is 18.9. The van der Waals surface area contributed by atoms with Crippen molar-refractivity contribution in [3.8, 4) is 0 Å². The highest BCUT2D eigenvalue weighted by molar-refractivity contribution is 5.27. The lowest BCUT2D eigenvalue weighted by Crippen LogP contribution is -2.19. The van der Waals surface area contributed by atoms with Crippen LogP contribution in [0.1, 0.15) is 49.2 Å². The van der Waals surface area contributed by atoms with E-state index in [-0.39, 0.29) is 6.04 Å². The van der Waals surface area contributed by atoms with Gasteiger partial charge in [-0.2, -0.15) is 5.10 Å².